The minimum absolute atomic E-state index is 0.128. The van der Waals surface area contributed by atoms with Crippen LogP contribution in [0.5, 0.6) is 11.5 Å². The molecule has 0 radical (unpaired) electrons. The molecule has 6 nitrogen and oxygen atoms in total. The second-order valence-electron chi connectivity index (χ2n) is 5.87. The fraction of sp³-hybridized carbons (Fsp3) is 0.368. The van der Waals surface area contributed by atoms with Gasteiger partial charge in [0.1, 0.15) is 6.61 Å². The number of primary amides is 1. The van der Waals surface area contributed by atoms with Crippen molar-refractivity contribution in [3.8, 4) is 11.5 Å². The average molecular weight is 344 g/mol. The molecule has 0 saturated carbocycles. The van der Waals surface area contributed by atoms with Gasteiger partial charge in [-0.15, -0.1) is 0 Å². The Bertz CT molecular complexity index is 669. The van der Waals surface area contributed by atoms with Crippen molar-refractivity contribution in [2.75, 3.05) is 26.8 Å². The third-order valence-electron chi connectivity index (χ3n) is 4.10. The Morgan fingerprint density at radius 2 is 2.20 bits per heavy atom. The van der Waals surface area contributed by atoms with Gasteiger partial charge in [0.15, 0.2) is 11.5 Å². The summed E-state index contributed by atoms with van der Waals surface area (Å²) in [7, 11) is 1.56. The van der Waals surface area contributed by atoms with Crippen LogP contribution in [0.3, 0.4) is 0 Å². The van der Waals surface area contributed by atoms with Gasteiger partial charge >= 0.3 is 0 Å². The summed E-state index contributed by atoms with van der Waals surface area (Å²) in [6.45, 7) is 5.03. The summed E-state index contributed by atoms with van der Waals surface area (Å²) in [5.41, 5.74) is 6.17. The molecule has 1 aliphatic rings. The van der Waals surface area contributed by atoms with E-state index in [1.807, 2.05) is 6.07 Å². The molecule has 1 atom stereocenters. The fourth-order valence-corrected chi connectivity index (χ4v) is 2.74. The summed E-state index contributed by atoms with van der Waals surface area (Å²) >= 11 is 0. The highest BCUT2D eigenvalue weighted by atomic mass is 16.5. The third-order valence-corrected chi connectivity index (χ3v) is 4.10. The topological polar surface area (TPSA) is 81.9 Å². The Labute approximate surface area is 147 Å². The number of likely N-dealkylation sites (tertiary alicyclic amines) is 1. The van der Waals surface area contributed by atoms with Crippen LogP contribution in [-0.4, -0.2) is 43.5 Å². The number of amides is 2. The summed E-state index contributed by atoms with van der Waals surface area (Å²) in [5, 5.41) is 0. The molecule has 1 aromatic rings. The molecular weight excluding hydrogens is 320 g/mol. The Morgan fingerprint density at radius 1 is 1.40 bits per heavy atom. The van der Waals surface area contributed by atoms with Gasteiger partial charge in [-0.25, -0.2) is 0 Å². The standard InChI is InChI=1S/C19H24N2O4/c1-3-11-25-16-8-6-14(12-17(16)24-2)7-9-18(22)21-10-4-5-15(13-21)19(20)23/h3,6-9,12,15H,1,4-5,10-11,13H2,2H3,(H2,20,23). The highest BCUT2D eigenvalue weighted by molar-refractivity contribution is 5.92. The van der Waals surface area contributed by atoms with Crippen molar-refractivity contribution in [1.29, 1.82) is 0 Å². The molecule has 0 aromatic heterocycles. The first-order valence-electron chi connectivity index (χ1n) is 8.23. The van der Waals surface area contributed by atoms with Crippen LogP contribution in [0.4, 0.5) is 0 Å². The number of nitrogens with zero attached hydrogens (tertiary/aromatic N) is 1. The quantitative estimate of drug-likeness (QED) is 0.606. The largest absolute Gasteiger partial charge is 0.493 e. The van der Waals surface area contributed by atoms with Crippen LogP contribution in [0.25, 0.3) is 6.08 Å². The Kier molecular flexibility index (Phi) is 6.62. The van der Waals surface area contributed by atoms with Crippen molar-refractivity contribution in [1.82, 2.24) is 4.90 Å². The number of ether oxygens (including phenoxy) is 2. The molecule has 0 bridgehead atoms. The zero-order valence-electron chi connectivity index (χ0n) is 14.4. The van der Waals surface area contributed by atoms with E-state index in [0.717, 1.165) is 18.4 Å². The number of rotatable bonds is 7. The van der Waals surface area contributed by atoms with Crippen molar-refractivity contribution >= 4 is 17.9 Å². The van der Waals surface area contributed by atoms with Crippen molar-refractivity contribution in [2.24, 2.45) is 11.7 Å². The number of hydrogen-bond donors (Lipinski definition) is 1. The van der Waals surface area contributed by atoms with Gasteiger partial charge in [0.25, 0.3) is 0 Å². The van der Waals surface area contributed by atoms with Crippen LogP contribution in [0, 0.1) is 5.92 Å². The van der Waals surface area contributed by atoms with E-state index in [1.54, 1.807) is 36.3 Å². The first-order chi connectivity index (χ1) is 12.0. The van der Waals surface area contributed by atoms with E-state index < -0.39 is 0 Å². The van der Waals surface area contributed by atoms with Crippen LogP contribution >= 0.6 is 0 Å². The first kappa shape index (κ1) is 18.6. The molecule has 2 amide bonds. The van der Waals surface area contributed by atoms with Crippen LogP contribution in [0.2, 0.25) is 0 Å². The lowest BCUT2D eigenvalue weighted by molar-refractivity contribution is -0.130. The number of carbonyl (C=O) groups is 2. The van der Waals surface area contributed by atoms with Crippen molar-refractivity contribution in [3.63, 3.8) is 0 Å². The van der Waals surface area contributed by atoms with Gasteiger partial charge in [-0.3, -0.25) is 9.59 Å². The predicted octanol–water partition coefficient (Wildman–Crippen LogP) is 2.00. The van der Waals surface area contributed by atoms with E-state index >= 15 is 0 Å². The van der Waals surface area contributed by atoms with E-state index in [2.05, 4.69) is 6.58 Å². The molecule has 0 spiro atoms. The van der Waals surface area contributed by atoms with Crippen LogP contribution in [0.1, 0.15) is 18.4 Å². The first-order valence-corrected chi connectivity index (χ1v) is 8.23. The summed E-state index contributed by atoms with van der Waals surface area (Å²) < 4.78 is 10.8. The van der Waals surface area contributed by atoms with Crippen molar-refractivity contribution < 1.29 is 19.1 Å². The summed E-state index contributed by atoms with van der Waals surface area (Å²) in [4.78, 5) is 25.3. The van der Waals surface area contributed by atoms with E-state index in [-0.39, 0.29) is 17.7 Å². The second kappa shape index (κ2) is 8.92. The highest BCUT2D eigenvalue weighted by Gasteiger charge is 2.25. The number of methoxy groups -OCH3 is 1. The number of benzene rings is 1. The molecule has 0 aliphatic carbocycles. The summed E-state index contributed by atoms with van der Waals surface area (Å²) in [6.07, 6.45) is 6.41. The normalized spacial score (nSPS) is 17.3. The van der Waals surface area contributed by atoms with Gasteiger partial charge in [0, 0.05) is 19.2 Å². The van der Waals surface area contributed by atoms with Crippen molar-refractivity contribution in [2.45, 2.75) is 12.8 Å². The zero-order chi connectivity index (χ0) is 18.2. The fourth-order valence-electron chi connectivity index (χ4n) is 2.74. The molecule has 134 valence electrons. The third kappa shape index (κ3) is 5.11. The molecule has 25 heavy (non-hydrogen) atoms. The lowest BCUT2D eigenvalue weighted by atomic mass is 9.97. The summed E-state index contributed by atoms with van der Waals surface area (Å²) in [6, 6.07) is 5.42. The van der Waals surface area contributed by atoms with Crippen LogP contribution < -0.4 is 15.2 Å². The van der Waals surface area contributed by atoms with Gasteiger partial charge in [0.05, 0.1) is 13.0 Å². The number of hydrogen-bond acceptors (Lipinski definition) is 4. The molecule has 1 heterocycles. The Hall–Kier alpha value is -2.76. The number of nitrogens with two attached hydrogens (primary N) is 1. The SMILES string of the molecule is C=CCOc1ccc(C=CC(=O)N2CCCC(C(N)=O)C2)cc1OC. The lowest BCUT2D eigenvalue weighted by Crippen LogP contribution is -2.43. The van der Waals surface area contributed by atoms with Crippen molar-refractivity contribution in [3.05, 3.63) is 42.5 Å². The van der Waals surface area contributed by atoms with Gasteiger partial charge in [-0.2, -0.15) is 0 Å². The molecule has 2 rings (SSSR count). The van der Waals surface area contributed by atoms with Crippen LogP contribution in [-0.2, 0) is 9.59 Å². The van der Waals surface area contributed by atoms with Gasteiger partial charge in [-0.1, -0.05) is 18.7 Å². The maximum atomic E-state index is 12.3. The minimum Gasteiger partial charge on any atom is -0.493 e. The molecule has 1 aliphatic heterocycles. The molecular formula is C19H24N2O4. The van der Waals surface area contributed by atoms with Gasteiger partial charge < -0.3 is 20.1 Å². The van der Waals surface area contributed by atoms with Gasteiger partial charge in [-0.05, 0) is 36.6 Å². The lowest BCUT2D eigenvalue weighted by Gasteiger charge is -2.30. The average Bonchev–Trinajstić information content (AvgIpc) is 2.64. The molecule has 2 N–H and O–H groups in total. The van der Waals surface area contributed by atoms with Crippen LogP contribution in [0.15, 0.2) is 36.9 Å². The molecule has 1 unspecified atom stereocenters. The Balaban J connectivity index is 2.04. The summed E-state index contributed by atoms with van der Waals surface area (Å²) in [5.74, 6) is 0.472. The number of piperidine rings is 1. The van der Waals surface area contributed by atoms with Gasteiger partial charge in [0.2, 0.25) is 11.8 Å². The van der Waals surface area contributed by atoms with E-state index in [4.69, 9.17) is 15.2 Å². The van der Waals surface area contributed by atoms with E-state index in [0.29, 0.717) is 31.2 Å². The molecule has 1 saturated heterocycles. The minimum atomic E-state index is -0.346. The van der Waals surface area contributed by atoms with E-state index in [1.165, 1.54) is 6.08 Å². The maximum absolute atomic E-state index is 12.3. The molecule has 1 aromatic carbocycles. The predicted molar refractivity (Wildman–Crippen MR) is 96.2 cm³/mol. The Morgan fingerprint density at radius 3 is 2.88 bits per heavy atom. The van der Waals surface area contributed by atoms with E-state index in [9.17, 15) is 9.59 Å². The number of carbonyl (C=O) groups excluding carboxylic acids is 2. The highest BCUT2D eigenvalue weighted by Crippen LogP contribution is 2.28. The second-order valence-corrected chi connectivity index (χ2v) is 5.87. The molecule has 6 heteroatoms. The smallest absolute Gasteiger partial charge is 0.246 e. The maximum Gasteiger partial charge on any atom is 0.246 e. The zero-order valence-corrected chi connectivity index (χ0v) is 14.4. The monoisotopic (exact) mass is 344 g/mol. The molecule has 1 fully saturated rings.